The minimum absolute atomic E-state index is 0.420. The van der Waals surface area contributed by atoms with Gasteiger partial charge in [-0.05, 0) is 24.3 Å². The summed E-state index contributed by atoms with van der Waals surface area (Å²) in [6, 6.07) is 10.3. The molecule has 0 N–H and O–H groups in total. The van der Waals surface area contributed by atoms with Crippen LogP contribution in [0.25, 0.3) is 6.08 Å². The molecule has 0 saturated heterocycles. The Labute approximate surface area is 90.8 Å². The first kappa shape index (κ1) is 10.2. The maximum atomic E-state index is 11.3. The zero-order chi connectivity index (χ0) is 10.5. The summed E-state index contributed by atoms with van der Waals surface area (Å²) in [5, 5.41) is 0. The topological polar surface area (TPSA) is 17.1 Å². The molecule has 0 spiro atoms. The van der Waals surface area contributed by atoms with Crippen LogP contribution < -0.4 is 0 Å². The number of carbonyl (C=O) groups excluding carboxylic acids is 1. The number of Topliss-reactive ketones (excluding diaryl/α,β-unsaturated/α-hetero) is 1. The van der Waals surface area contributed by atoms with Crippen molar-refractivity contribution in [1.29, 1.82) is 0 Å². The second kappa shape index (κ2) is 4.92. The molecule has 1 nitrogen and oxygen atoms in total. The molecule has 78 valence electrons. The third-order valence-corrected chi connectivity index (χ3v) is 2.88. The van der Waals surface area contributed by atoms with Gasteiger partial charge in [0.25, 0.3) is 0 Å². The number of allylic oxidation sites excluding steroid dienone is 1. The molecule has 1 aromatic rings. The predicted molar refractivity (Wildman–Crippen MR) is 62.4 cm³/mol. The molecule has 0 amide bonds. The van der Waals surface area contributed by atoms with Crippen LogP contribution in [0.1, 0.15) is 31.2 Å². The lowest BCUT2D eigenvalue weighted by atomic mass is 9.88. The molecule has 0 unspecified atom stereocenters. The van der Waals surface area contributed by atoms with Crippen molar-refractivity contribution in [1.82, 2.24) is 0 Å². The summed E-state index contributed by atoms with van der Waals surface area (Å²) in [7, 11) is 0. The summed E-state index contributed by atoms with van der Waals surface area (Å²) in [6.07, 6.45) is 8.06. The monoisotopic (exact) mass is 200 g/mol. The van der Waals surface area contributed by atoms with Crippen molar-refractivity contribution >= 4 is 11.9 Å². The van der Waals surface area contributed by atoms with Gasteiger partial charge in [-0.25, -0.2) is 0 Å². The smallest absolute Gasteiger partial charge is 0.133 e. The van der Waals surface area contributed by atoms with Gasteiger partial charge in [0.1, 0.15) is 5.78 Å². The first-order chi connectivity index (χ1) is 7.34. The van der Waals surface area contributed by atoms with E-state index in [1.54, 1.807) is 0 Å². The van der Waals surface area contributed by atoms with Gasteiger partial charge in [-0.2, -0.15) is 0 Å². The highest BCUT2D eigenvalue weighted by molar-refractivity contribution is 5.79. The highest BCUT2D eigenvalue weighted by Gasteiger charge is 2.16. The normalized spacial score (nSPS) is 22.1. The molecule has 0 bridgehead atoms. The van der Waals surface area contributed by atoms with E-state index in [9.17, 15) is 4.79 Å². The molecule has 0 radical (unpaired) electrons. The largest absolute Gasteiger partial charge is 0.300 e. The van der Waals surface area contributed by atoms with E-state index in [1.807, 2.05) is 18.2 Å². The Hall–Kier alpha value is -1.37. The highest BCUT2D eigenvalue weighted by Crippen LogP contribution is 2.23. The van der Waals surface area contributed by atoms with Crippen molar-refractivity contribution in [3.8, 4) is 0 Å². The van der Waals surface area contributed by atoms with Gasteiger partial charge in [-0.1, -0.05) is 42.5 Å². The average molecular weight is 200 g/mol. The Kier molecular flexibility index (Phi) is 3.33. The SMILES string of the molecule is O=C1CCC[C@H](/C=C/c2ccccc2)C1. The van der Waals surface area contributed by atoms with Crippen LogP contribution in [0.2, 0.25) is 0 Å². The summed E-state index contributed by atoms with van der Waals surface area (Å²) in [5.41, 5.74) is 1.22. The molecule has 0 aliphatic heterocycles. The second-order valence-corrected chi connectivity index (χ2v) is 4.16. The lowest BCUT2D eigenvalue weighted by Crippen LogP contribution is -2.12. The second-order valence-electron chi connectivity index (χ2n) is 4.16. The Morgan fingerprint density at radius 3 is 2.73 bits per heavy atom. The van der Waals surface area contributed by atoms with Gasteiger partial charge >= 0.3 is 0 Å². The molecular weight excluding hydrogens is 184 g/mol. The van der Waals surface area contributed by atoms with Crippen LogP contribution in [0.15, 0.2) is 36.4 Å². The third kappa shape index (κ3) is 3.05. The van der Waals surface area contributed by atoms with E-state index < -0.39 is 0 Å². The number of hydrogen-bond acceptors (Lipinski definition) is 1. The highest BCUT2D eigenvalue weighted by atomic mass is 16.1. The lowest BCUT2D eigenvalue weighted by molar-refractivity contribution is -0.121. The quantitative estimate of drug-likeness (QED) is 0.714. The van der Waals surface area contributed by atoms with E-state index in [1.165, 1.54) is 5.56 Å². The van der Waals surface area contributed by atoms with Gasteiger partial charge < -0.3 is 0 Å². The third-order valence-electron chi connectivity index (χ3n) is 2.88. The van der Waals surface area contributed by atoms with Crippen LogP contribution in [-0.2, 0) is 4.79 Å². The minimum atomic E-state index is 0.420. The Morgan fingerprint density at radius 2 is 2.00 bits per heavy atom. The number of carbonyl (C=O) groups is 1. The maximum Gasteiger partial charge on any atom is 0.133 e. The molecule has 1 aromatic carbocycles. The van der Waals surface area contributed by atoms with E-state index in [0.29, 0.717) is 11.7 Å². The molecule has 1 fully saturated rings. The number of hydrogen-bond donors (Lipinski definition) is 0. The van der Waals surface area contributed by atoms with Crippen molar-refractivity contribution in [2.75, 3.05) is 0 Å². The fourth-order valence-corrected chi connectivity index (χ4v) is 2.03. The summed E-state index contributed by atoms with van der Waals surface area (Å²) >= 11 is 0. The molecule has 15 heavy (non-hydrogen) atoms. The molecule has 1 aliphatic rings. The van der Waals surface area contributed by atoms with Crippen molar-refractivity contribution < 1.29 is 4.79 Å². The van der Waals surface area contributed by atoms with Crippen molar-refractivity contribution in [3.63, 3.8) is 0 Å². The Bertz CT molecular complexity index is 351. The lowest BCUT2D eigenvalue weighted by Gasteiger charge is -2.16. The molecule has 1 heteroatoms. The zero-order valence-electron chi connectivity index (χ0n) is 8.86. The van der Waals surface area contributed by atoms with Gasteiger partial charge in [0.2, 0.25) is 0 Å². The van der Waals surface area contributed by atoms with Gasteiger partial charge in [0.05, 0.1) is 0 Å². The van der Waals surface area contributed by atoms with Crippen LogP contribution in [0, 0.1) is 5.92 Å². The first-order valence-electron chi connectivity index (χ1n) is 5.59. The first-order valence-corrected chi connectivity index (χ1v) is 5.59. The fourth-order valence-electron chi connectivity index (χ4n) is 2.03. The van der Waals surface area contributed by atoms with Crippen molar-refractivity contribution in [3.05, 3.63) is 42.0 Å². The Balaban J connectivity index is 1.96. The van der Waals surface area contributed by atoms with Crippen molar-refractivity contribution in [2.24, 2.45) is 5.92 Å². The van der Waals surface area contributed by atoms with E-state index in [-0.39, 0.29) is 0 Å². The number of ketones is 1. The van der Waals surface area contributed by atoms with Gasteiger partial charge in [0.15, 0.2) is 0 Å². The van der Waals surface area contributed by atoms with Gasteiger partial charge in [0, 0.05) is 12.8 Å². The van der Waals surface area contributed by atoms with E-state index in [4.69, 9.17) is 0 Å². The van der Waals surface area contributed by atoms with Crippen LogP contribution >= 0.6 is 0 Å². The number of rotatable bonds is 2. The van der Waals surface area contributed by atoms with Crippen LogP contribution in [0.5, 0.6) is 0 Å². The summed E-state index contributed by atoms with van der Waals surface area (Å²) in [5.74, 6) is 0.885. The molecular formula is C14H16O. The predicted octanol–water partition coefficient (Wildman–Crippen LogP) is 3.46. The molecule has 0 aromatic heterocycles. The zero-order valence-corrected chi connectivity index (χ0v) is 8.86. The molecule has 0 heterocycles. The van der Waals surface area contributed by atoms with Crippen LogP contribution in [0.4, 0.5) is 0 Å². The molecule has 1 aliphatic carbocycles. The molecule has 1 atom stereocenters. The van der Waals surface area contributed by atoms with Gasteiger partial charge in [-0.3, -0.25) is 4.79 Å². The molecule has 2 rings (SSSR count). The van der Waals surface area contributed by atoms with E-state index in [0.717, 1.165) is 25.7 Å². The van der Waals surface area contributed by atoms with E-state index in [2.05, 4.69) is 24.3 Å². The summed E-state index contributed by atoms with van der Waals surface area (Å²) < 4.78 is 0. The average Bonchev–Trinajstić information content (AvgIpc) is 2.28. The Morgan fingerprint density at radius 1 is 1.20 bits per heavy atom. The minimum Gasteiger partial charge on any atom is -0.300 e. The standard InChI is InChI=1S/C14H16O/c15-14-8-4-7-13(11-14)10-9-12-5-2-1-3-6-12/h1-3,5-6,9-10,13H,4,7-8,11H2/b10-9+/t13-/m1/s1. The summed E-state index contributed by atoms with van der Waals surface area (Å²) in [6.45, 7) is 0. The molecule has 1 saturated carbocycles. The number of benzene rings is 1. The van der Waals surface area contributed by atoms with Crippen molar-refractivity contribution in [2.45, 2.75) is 25.7 Å². The van der Waals surface area contributed by atoms with Crippen LogP contribution in [-0.4, -0.2) is 5.78 Å². The van der Waals surface area contributed by atoms with E-state index >= 15 is 0 Å². The maximum absolute atomic E-state index is 11.3. The summed E-state index contributed by atoms with van der Waals surface area (Å²) in [4.78, 5) is 11.3. The van der Waals surface area contributed by atoms with Gasteiger partial charge in [-0.15, -0.1) is 0 Å². The fraction of sp³-hybridized carbons (Fsp3) is 0.357. The van der Waals surface area contributed by atoms with Crippen LogP contribution in [0.3, 0.4) is 0 Å².